The van der Waals surface area contributed by atoms with Crippen LogP contribution in [0.3, 0.4) is 0 Å². The number of ketones is 1. The molecule has 1 nitrogen and oxygen atoms in total. The zero-order valence-corrected chi connectivity index (χ0v) is 11.1. The van der Waals surface area contributed by atoms with Crippen molar-refractivity contribution in [3.63, 3.8) is 0 Å². The molecule has 1 aromatic rings. The fourth-order valence-corrected chi connectivity index (χ4v) is 4.01. The third-order valence-corrected chi connectivity index (χ3v) is 4.12. The lowest BCUT2D eigenvalue weighted by Crippen LogP contribution is -2.00. The Morgan fingerprint density at radius 1 is 1.67 bits per heavy atom. The molecule has 1 aromatic heterocycles. The first-order valence-corrected chi connectivity index (χ1v) is 6.91. The van der Waals surface area contributed by atoms with E-state index in [9.17, 15) is 4.79 Å². The molecule has 0 atom stereocenters. The molecule has 0 aliphatic rings. The summed E-state index contributed by atoms with van der Waals surface area (Å²) in [6, 6.07) is 1.85. The van der Waals surface area contributed by atoms with E-state index in [1.807, 2.05) is 12.3 Å². The van der Waals surface area contributed by atoms with Crippen LogP contribution in [0.5, 0.6) is 0 Å². The van der Waals surface area contributed by atoms with Crippen molar-refractivity contribution in [1.82, 2.24) is 0 Å². The normalized spacial score (nSPS) is 10.2. The van der Waals surface area contributed by atoms with Gasteiger partial charge in [-0.3, -0.25) is 4.79 Å². The van der Waals surface area contributed by atoms with E-state index in [0.717, 1.165) is 13.1 Å². The van der Waals surface area contributed by atoms with Crippen molar-refractivity contribution in [2.75, 3.05) is 12.0 Å². The van der Waals surface area contributed by atoms with Crippen LogP contribution in [-0.2, 0) is 0 Å². The Bertz CT molecular complexity index is 296. The monoisotopic (exact) mass is 328 g/mol. The van der Waals surface area contributed by atoms with Gasteiger partial charge >= 0.3 is 0 Å². The van der Waals surface area contributed by atoms with E-state index in [1.165, 1.54) is 11.3 Å². The second-order valence-corrected chi connectivity index (χ2v) is 6.71. The summed E-state index contributed by atoms with van der Waals surface area (Å²) in [4.78, 5) is 11.4. The summed E-state index contributed by atoms with van der Waals surface area (Å²) < 4.78 is 1.90. The van der Waals surface area contributed by atoms with Crippen LogP contribution in [0.25, 0.3) is 0 Å². The molecule has 0 unspecified atom stereocenters. The number of rotatable bonds is 3. The van der Waals surface area contributed by atoms with E-state index in [2.05, 4.69) is 31.9 Å². The van der Waals surface area contributed by atoms with Crippen LogP contribution in [0.15, 0.2) is 13.6 Å². The third-order valence-electron chi connectivity index (χ3n) is 1.23. The van der Waals surface area contributed by atoms with Gasteiger partial charge < -0.3 is 0 Å². The van der Waals surface area contributed by atoms with E-state index in [0.29, 0.717) is 5.75 Å². The van der Waals surface area contributed by atoms with Gasteiger partial charge in [-0.25, -0.2) is 0 Å². The first-order valence-electron chi connectivity index (χ1n) is 3.12. The van der Waals surface area contributed by atoms with Crippen molar-refractivity contribution in [3.8, 4) is 0 Å². The molecule has 1 rings (SSSR count). The molecule has 0 bridgehead atoms. The van der Waals surface area contributed by atoms with Crippen LogP contribution in [0.4, 0.5) is 0 Å². The van der Waals surface area contributed by atoms with Crippen LogP contribution in [-0.4, -0.2) is 17.8 Å². The Morgan fingerprint density at radius 2 is 2.33 bits per heavy atom. The number of thiophene rings is 1. The van der Waals surface area contributed by atoms with Crippen LogP contribution in [0.1, 0.15) is 10.4 Å². The van der Waals surface area contributed by atoms with Gasteiger partial charge in [-0.15, -0.1) is 11.3 Å². The Morgan fingerprint density at radius 3 is 2.75 bits per heavy atom. The standard InChI is InChI=1S/C7H6Br2OS2/c1-11-3-5(10)4-2-6(8)12-7(4)9/h2H,3H2,1H3. The second-order valence-electron chi connectivity index (χ2n) is 2.09. The molecule has 0 amide bonds. The molecule has 0 N–H and O–H groups in total. The van der Waals surface area contributed by atoms with Crippen LogP contribution in [0, 0.1) is 0 Å². The number of Topliss-reactive ketones (excluding diaryl/α,β-unsaturated/α-hetero) is 1. The van der Waals surface area contributed by atoms with Crippen LogP contribution >= 0.6 is 55.0 Å². The van der Waals surface area contributed by atoms with Crippen molar-refractivity contribution in [2.45, 2.75) is 0 Å². The van der Waals surface area contributed by atoms with E-state index in [4.69, 9.17) is 0 Å². The molecule has 0 spiro atoms. The number of carbonyl (C=O) groups excluding carboxylic acids is 1. The van der Waals surface area contributed by atoms with Gasteiger partial charge in [0.05, 0.1) is 13.3 Å². The van der Waals surface area contributed by atoms with E-state index in [1.54, 1.807) is 11.8 Å². The number of thioether (sulfide) groups is 1. The highest BCUT2D eigenvalue weighted by Crippen LogP contribution is 2.32. The van der Waals surface area contributed by atoms with Gasteiger partial charge in [0.15, 0.2) is 5.78 Å². The molecule has 5 heteroatoms. The van der Waals surface area contributed by atoms with Gasteiger partial charge in [0, 0.05) is 5.56 Å². The van der Waals surface area contributed by atoms with Gasteiger partial charge in [-0.05, 0) is 44.2 Å². The van der Waals surface area contributed by atoms with E-state index in [-0.39, 0.29) is 5.78 Å². The Kier molecular flexibility index (Phi) is 4.29. The Hall–Kier alpha value is 0.680. The molecule has 66 valence electrons. The largest absolute Gasteiger partial charge is 0.293 e. The van der Waals surface area contributed by atoms with Crippen LogP contribution in [0.2, 0.25) is 0 Å². The van der Waals surface area contributed by atoms with Crippen molar-refractivity contribution in [3.05, 3.63) is 19.2 Å². The fourth-order valence-electron chi connectivity index (χ4n) is 0.739. The molecule has 12 heavy (non-hydrogen) atoms. The summed E-state index contributed by atoms with van der Waals surface area (Å²) in [5.74, 6) is 0.721. The van der Waals surface area contributed by atoms with E-state index < -0.39 is 0 Å². The maximum Gasteiger partial charge on any atom is 0.174 e. The Labute approximate surface area is 96.2 Å². The molecular formula is C7H6Br2OS2. The minimum Gasteiger partial charge on any atom is -0.293 e. The summed E-state index contributed by atoms with van der Waals surface area (Å²) in [5, 5.41) is 0. The highest BCUT2D eigenvalue weighted by Gasteiger charge is 2.12. The average molecular weight is 330 g/mol. The second kappa shape index (κ2) is 4.79. The molecule has 0 saturated carbocycles. The average Bonchev–Trinajstić information content (AvgIpc) is 2.30. The molecule has 0 aromatic carbocycles. The molecule has 0 aliphatic carbocycles. The number of hydrogen-bond acceptors (Lipinski definition) is 3. The molecule has 1 heterocycles. The number of halogens is 2. The van der Waals surface area contributed by atoms with Gasteiger partial charge in [0.25, 0.3) is 0 Å². The highest BCUT2D eigenvalue weighted by atomic mass is 79.9. The van der Waals surface area contributed by atoms with Crippen molar-refractivity contribution < 1.29 is 4.79 Å². The Balaban J connectivity index is 2.87. The zero-order chi connectivity index (χ0) is 9.14. The number of hydrogen-bond donors (Lipinski definition) is 0. The predicted molar refractivity (Wildman–Crippen MR) is 62.4 cm³/mol. The quantitative estimate of drug-likeness (QED) is 0.784. The van der Waals surface area contributed by atoms with Gasteiger partial charge in [0.1, 0.15) is 0 Å². The molecule has 0 radical (unpaired) electrons. The van der Waals surface area contributed by atoms with Crippen molar-refractivity contribution in [1.29, 1.82) is 0 Å². The minimum atomic E-state index is 0.177. The van der Waals surface area contributed by atoms with Crippen molar-refractivity contribution >= 4 is 60.7 Å². The van der Waals surface area contributed by atoms with Gasteiger partial charge in [0.2, 0.25) is 0 Å². The van der Waals surface area contributed by atoms with Crippen molar-refractivity contribution in [2.24, 2.45) is 0 Å². The predicted octanol–water partition coefficient (Wildman–Crippen LogP) is 3.82. The summed E-state index contributed by atoms with van der Waals surface area (Å²) in [7, 11) is 0. The summed E-state index contributed by atoms with van der Waals surface area (Å²) in [5.41, 5.74) is 0.779. The van der Waals surface area contributed by atoms with E-state index >= 15 is 0 Å². The summed E-state index contributed by atoms with van der Waals surface area (Å²) >= 11 is 9.75. The first-order chi connectivity index (χ1) is 5.65. The van der Waals surface area contributed by atoms with Gasteiger partial charge in [-0.1, -0.05) is 0 Å². The maximum absolute atomic E-state index is 11.4. The topological polar surface area (TPSA) is 17.1 Å². The first kappa shape index (κ1) is 10.8. The smallest absolute Gasteiger partial charge is 0.174 e. The molecule has 0 fully saturated rings. The molecule has 0 aliphatic heterocycles. The lowest BCUT2D eigenvalue weighted by Gasteiger charge is -1.94. The minimum absolute atomic E-state index is 0.177. The fraction of sp³-hybridized carbons (Fsp3) is 0.286. The third kappa shape index (κ3) is 2.58. The lowest BCUT2D eigenvalue weighted by molar-refractivity contribution is 0.102. The maximum atomic E-state index is 11.4. The summed E-state index contributed by atoms with van der Waals surface area (Å²) in [6.07, 6.45) is 1.92. The zero-order valence-electron chi connectivity index (χ0n) is 6.27. The number of carbonyl (C=O) groups is 1. The van der Waals surface area contributed by atoms with Crippen LogP contribution < -0.4 is 0 Å². The summed E-state index contributed by atoms with van der Waals surface area (Å²) in [6.45, 7) is 0. The SMILES string of the molecule is CSCC(=O)c1cc(Br)sc1Br. The molecular weight excluding hydrogens is 324 g/mol. The highest BCUT2D eigenvalue weighted by molar-refractivity contribution is 9.12. The van der Waals surface area contributed by atoms with Gasteiger partial charge in [-0.2, -0.15) is 11.8 Å². The molecule has 0 saturated heterocycles. The lowest BCUT2D eigenvalue weighted by atomic mass is 10.2.